The van der Waals surface area contributed by atoms with Gasteiger partial charge in [-0.05, 0) is 73.7 Å². The van der Waals surface area contributed by atoms with Crippen molar-refractivity contribution in [3.63, 3.8) is 0 Å². The van der Waals surface area contributed by atoms with Crippen molar-refractivity contribution in [1.82, 2.24) is 19.8 Å². The number of sulfonamides is 1. The number of halogens is 2. The topological polar surface area (TPSA) is 194 Å². The molecule has 4 rings (SSSR count). The van der Waals surface area contributed by atoms with Crippen LogP contribution in [0.5, 0.6) is 0 Å². The van der Waals surface area contributed by atoms with Crippen LogP contribution in [-0.2, 0) is 35.6 Å². The molecule has 0 radical (unpaired) electrons. The van der Waals surface area contributed by atoms with E-state index in [0.717, 1.165) is 9.87 Å². The molecule has 17 heteroatoms. The molecule has 1 aliphatic heterocycles. The largest absolute Gasteiger partial charge is 0.480 e. The van der Waals surface area contributed by atoms with Crippen molar-refractivity contribution in [3.05, 3.63) is 87.9 Å². The Hall–Kier alpha value is -4.70. The first-order valence-corrected chi connectivity index (χ1v) is 18.1. The summed E-state index contributed by atoms with van der Waals surface area (Å²) in [6, 6.07) is 14.9. The van der Waals surface area contributed by atoms with Crippen molar-refractivity contribution < 1.29 is 37.5 Å². The van der Waals surface area contributed by atoms with Gasteiger partial charge < -0.3 is 31.3 Å². The normalized spacial score (nSPS) is 15.0. The van der Waals surface area contributed by atoms with Gasteiger partial charge in [0.05, 0.1) is 17.9 Å². The van der Waals surface area contributed by atoms with Crippen LogP contribution in [0.2, 0.25) is 10.0 Å². The van der Waals surface area contributed by atoms with E-state index >= 15 is 0 Å². The minimum absolute atomic E-state index is 0.00909. The number of aryl methyl sites for hydroxylation is 1. The summed E-state index contributed by atoms with van der Waals surface area (Å²) in [5, 5.41) is 20.4. The van der Waals surface area contributed by atoms with E-state index in [-0.39, 0.29) is 59.7 Å². The van der Waals surface area contributed by atoms with Gasteiger partial charge in [0.1, 0.15) is 12.1 Å². The van der Waals surface area contributed by atoms with Gasteiger partial charge in [0.25, 0.3) is 0 Å². The van der Waals surface area contributed by atoms with Crippen LogP contribution in [0, 0.1) is 6.92 Å². The molecule has 1 fully saturated rings. The molecule has 5 amide bonds. The van der Waals surface area contributed by atoms with E-state index in [9.17, 15) is 37.5 Å². The number of rotatable bonds is 14. The lowest BCUT2D eigenvalue weighted by molar-refractivity contribution is -0.142. The van der Waals surface area contributed by atoms with E-state index in [1.165, 1.54) is 30.1 Å². The number of aliphatic carboxylic acids is 1. The fourth-order valence-electron chi connectivity index (χ4n) is 5.36. The Morgan fingerprint density at radius 3 is 2.29 bits per heavy atom. The third-order valence-electron chi connectivity index (χ3n) is 8.09. The zero-order valence-corrected chi connectivity index (χ0v) is 30.1. The molecule has 3 aromatic carbocycles. The number of carbonyl (C=O) groups is 5. The SMILES string of the molecule is Cc1ccccc1NC(=O)Nc1ccc(CC(=O)N(C)CC(=O)NCC[C@H](NC(=O)[C@@H]2CCCN2S(=O)(=O)c2cc(Cl)cc(Cl)c2)C(=O)O)cc1. The number of likely N-dealkylation sites (N-methyl/N-ethyl adjacent to an activating group) is 1. The number of hydrogen-bond donors (Lipinski definition) is 5. The summed E-state index contributed by atoms with van der Waals surface area (Å²) in [7, 11) is -2.72. The van der Waals surface area contributed by atoms with Gasteiger partial charge in [0, 0.05) is 41.6 Å². The van der Waals surface area contributed by atoms with E-state index < -0.39 is 45.9 Å². The van der Waals surface area contributed by atoms with Crippen LogP contribution in [0.4, 0.5) is 16.2 Å². The van der Waals surface area contributed by atoms with Crippen LogP contribution in [-0.4, -0.2) is 91.2 Å². The summed E-state index contributed by atoms with van der Waals surface area (Å²) >= 11 is 12.0. The molecule has 0 saturated carbocycles. The molecule has 0 unspecified atom stereocenters. The molecule has 1 aliphatic rings. The van der Waals surface area contributed by atoms with Gasteiger partial charge in [-0.2, -0.15) is 4.31 Å². The number of para-hydroxylation sites is 1. The lowest BCUT2D eigenvalue weighted by atomic mass is 10.1. The molecule has 0 aliphatic carbocycles. The first kappa shape index (κ1) is 39.1. The Morgan fingerprint density at radius 2 is 1.65 bits per heavy atom. The molecule has 0 spiro atoms. The van der Waals surface area contributed by atoms with Gasteiger partial charge in [-0.25, -0.2) is 18.0 Å². The maximum absolute atomic E-state index is 13.3. The van der Waals surface area contributed by atoms with E-state index in [1.807, 2.05) is 25.1 Å². The number of carboxylic acids is 1. The summed E-state index contributed by atoms with van der Waals surface area (Å²) < 4.78 is 27.6. The number of carboxylic acid groups (broad SMARTS) is 1. The van der Waals surface area contributed by atoms with Gasteiger partial charge in [0.15, 0.2) is 0 Å². The summed E-state index contributed by atoms with van der Waals surface area (Å²) in [5.41, 5.74) is 2.77. The molecule has 0 bridgehead atoms. The Bertz CT molecular complexity index is 1870. The molecule has 272 valence electrons. The van der Waals surface area contributed by atoms with Gasteiger partial charge in [-0.1, -0.05) is 53.5 Å². The molecule has 0 aromatic heterocycles. The zero-order chi connectivity index (χ0) is 37.3. The molecule has 3 aromatic rings. The summed E-state index contributed by atoms with van der Waals surface area (Å²) in [6.45, 7) is 1.48. The highest BCUT2D eigenvalue weighted by atomic mass is 35.5. The average molecular weight is 762 g/mol. The first-order valence-electron chi connectivity index (χ1n) is 15.9. The maximum Gasteiger partial charge on any atom is 0.326 e. The lowest BCUT2D eigenvalue weighted by Crippen LogP contribution is -2.51. The van der Waals surface area contributed by atoms with Crippen LogP contribution in [0.15, 0.2) is 71.6 Å². The Morgan fingerprint density at radius 1 is 0.980 bits per heavy atom. The number of nitrogens with one attached hydrogen (secondary N) is 4. The van der Waals surface area contributed by atoms with E-state index in [4.69, 9.17) is 23.2 Å². The van der Waals surface area contributed by atoms with Crippen molar-refractivity contribution in [2.75, 3.05) is 37.3 Å². The molecular weight excluding hydrogens is 723 g/mol. The number of amides is 5. The van der Waals surface area contributed by atoms with Gasteiger partial charge >= 0.3 is 12.0 Å². The standard InChI is InChI=1S/C34H38Cl2N6O8S/c1-21-6-3-4-7-27(21)40-34(48)38-25-11-9-22(10-12-25)16-31(44)41(2)20-30(43)37-14-13-28(33(46)47)39-32(45)29-8-5-15-42(29)51(49,50)26-18-23(35)17-24(36)19-26/h3-4,6-7,9-12,17-19,28-29H,5,8,13-16,20H2,1-2H3,(H,37,43)(H,39,45)(H,46,47)(H2,38,40,48)/t28-,29-/m0/s1. The molecule has 14 nitrogen and oxygen atoms in total. The van der Waals surface area contributed by atoms with Crippen molar-refractivity contribution in [1.29, 1.82) is 0 Å². The van der Waals surface area contributed by atoms with E-state index in [2.05, 4.69) is 21.3 Å². The molecule has 2 atom stereocenters. The van der Waals surface area contributed by atoms with Crippen molar-refractivity contribution >= 4 is 74.3 Å². The predicted octanol–water partition coefficient (Wildman–Crippen LogP) is 3.88. The first-order chi connectivity index (χ1) is 24.1. The monoisotopic (exact) mass is 760 g/mol. The second-order valence-electron chi connectivity index (χ2n) is 11.9. The lowest BCUT2D eigenvalue weighted by Gasteiger charge is -2.25. The fraction of sp³-hybridized carbons (Fsp3) is 0.324. The average Bonchev–Trinajstić information content (AvgIpc) is 3.57. The van der Waals surface area contributed by atoms with Crippen LogP contribution in [0.3, 0.4) is 0 Å². The summed E-state index contributed by atoms with van der Waals surface area (Å²) in [4.78, 5) is 63.7. The van der Waals surface area contributed by atoms with Crippen molar-refractivity contribution in [3.8, 4) is 0 Å². The Balaban J connectivity index is 1.22. The number of nitrogens with zero attached hydrogens (tertiary/aromatic N) is 2. The van der Waals surface area contributed by atoms with E-state index in [0.29, 0.717) is 23.4 Å². The zero-order valence-electron chi connectivity index (χ0n) is 27.8. The van der Waals surface area contributed by atoms with Crippen LogP contribution in [0.1, 0.15) is 30.4 Å². The summed E-state index contributed by atoms with van der Waals surface area (Å²) in [5.74, 6) is -3.06. The molecular formula is C34H38Cl2N6O8S. The van der Waals surface area contributed by atoms with Crippen molar-refractivity contribution in [2.24, 2.45) is 0 Å². The number of benzene rings is 3. The third kappa shape index (κ3) is 10.9. The highest BCUT2D eigenvalue weighted by Gasteiger charge is 2.40. The highest BCUT2D eigenvalue weighted by Crippen LogP contribution is 2.30. The number of hydrogen-bond acceptors (Lipinski definition) is 7. The minimum atomic E-state index is -4.17. The van der Waals surface area contributed by atoms with Gasteiger partial charge in [0.2, 0.25) is 27.7 Å². The summed E-state index contributed by atoms with van der Waals surface area (Å²) in [6.07, 6.45) is 0.347. The predicted molar refractivity (Wildman–Crippen MR) is 192 cm³/mol. The molecule has 1 saturated heterocycles. The smallest absolute Gasteiger partial charge is 0.326 e. The molecule has 1 heterocycles. The fourth-order valence-corrected chi connectivity index (χ4v) is 7.74. The second-order valence-corrected chi connectivity index (χ2v) is 14.7. The van der Waals surface area contributed by atoms with Crippen LogP contribution in [0.25, 0.3) is 0 Å². The third-order valence-corrected chi connectivity index (χ3v) is 10.4. The van der Waals surface area contributed by atoms with Crippen LogP contribution < -0.4 is 21.3 Å². The highest BCUT2D eigenvalue weighted by molar-refractivity contribution is 7.89. The number of carbonyl (C=O) groups excluding carboxylic acids is 4. The maximum atomic E-state index is 13.3. The van der Waals surface area contributed by atoms with Crippen LogP contribution >= 0.6 is 23.2 Å². The van der Waals surface area contributed by atoms with Gasteiger partial charge in [-0.15, -0.1) is 0 Å². The quantitative estimate of drug-likeness (QED) is 0.163. The number of anilines is 2. The van der Waals surface area contributed by atoms with Gasteiger partial charge in [-0.3, -0.25) is 14.4 Å². The van der Waals surface area contributed by atoms with Crippen molar-refractivity contribution in [2.45, 2.75) is 49.6 Å². The number of urea groups is 1. The Labute approximate surface area is 305 Å². The second kappa shape index (κ2) is 17.5. The minimum Gasteiger partial charge on any atom is -0.480 e. The van der Waals surface area contributed by atoms with E-state index in [1.54, 1.807) is 30.3 Å². The Kier molecular flexibility index (Phi) is 13.4. The molecule has 5 N–H and O–H groups in total. The molecule has 51 heavy (non-hydrogen) atoms.